The van der Waals surface area contributed by atoms with Gasteiger partial charge in [0.15, 0.2) is 11.6 Å². The summed E-state index contributed by atoms with van der Waals surface area (Å²) in [6, 6.07) is 3.87. The molecule has 2 rings (SSSR count). The van der Waals surface area contributed by atoms with Crippen LogP contribution < -0.4 is 9.47 Å². The Bertz CT molecular complexity index is 583. The average Bonchev–Trinajstić information content (AvgIpc) is 2.79. The van der Waals surface area contributed by atoms with E-state index >= 15 is 0 Å². The topological polar surface area (TPSA) is 58.4 Å². The van der Waals surface area contributed by atoms with Crippen LogP contribution in [0.15, 0.2) is 12.1 Å². The number of ether oxygens (including phenoxy) is 3. The number of aromatic nitrogens is 3. The molecule has 1 aromatic carbocycles. The fourth-order valence-electron chi connectivity index (χ4n) is 2.04. The molecule has 6 heteroatoms. The van der Waals surface area contributed by atoms with Gasteiger partial charge >= 0.3 is 0 Å². The van der Waals surface area contributed by atoms with Crippen LogP contribution in [-0.4, -0.2) is 36.1 Å². The van der Waals surface area contributed by atoms with Crippen molar-refractivity contribution in [3.05, 3.63) is 23.5 Å². The van der Waals surface area contributed by atoms with E-state index in [9.17, 15) is 0 Å². The van der Waals surface area contributed by atoms with Gasteiger partial charge in [0.2, 0.25) is 0 Å². The maximum Gasteiger partial charge on any atom is 0.189 e. The Balaban J connectivity index is 2.58. The highest BCUT2D eigenvalue weighted by atomic mass is 16.5. The van der Waals surface area contributed by atoms with Crippen molar-refractivity contribution in [3.8, 4) is 22.9 Å². The highest BCUT2D eigenvalue weighted by molar-refractivity contribution is 5.72. The van der Waals surface area contributed by atoms with E-state index in [1.165, 1.54) is 0 Å². The zero-order valence-corrected chi connectivity index (χ0v) is 12.4. The van der Waals surface area contributed by atoms with Crippen molar-refractivity contribution in [1.82, 2.24) is 14.8 Å². The third kappa shape index (κ3) is 2.60. The summed E-state index contributed by atoms with van der Waals surface area (Å²) < 4.78 is 17.7. The van der Waals surface area contributed by atoms with Gasteiger partial charge in [-0.2, -0.15) is 5.10 Å². The normalized spacial score (nSPS) is 10.7. The van der Waals surface area contributed by atoms with Crippen molar-refractivity contribution in [2.24, 2.45) is 7.05 Å². The molecule has 1 heterocycles. The van der Waals surface area contributed by atoms with Crippen molar-refractivity contribution in [2.45, 2.75) is 13.5 Å². The summed E-state index contributed by atoms with van der Waals surface area (Å²) in [6.45, 7) is 2.39. The molecule has 20 heavy (non-hydrogen) atoms. The van der Waals surface area contributed by atoms with Gasteiger partial charge in [0.25, 0.3) is 0 Å². The summed E-state index contributed by atoms with van der Waals surface area (Å²) in [7, 11) is 6.70. The molecule has 1 aromatic heterocycles. The summed E-state index contributed by atoms with van der Waals surface area (Å²) in [6.07, 6.45) is 0. The van der Waals surface area contributed by atoms with E-state index in [-0.39, 0.29) is 0 Å². The van der Waals surface area contributed by atoms with Crippen LogP contribution >= 0.6 is 0 Å². The quantitative estimate of drug-likeness (QED) is 0.836. The molecule has 0 N–H and O–H groups in total. The monoisotopic (exact) mass is 277 g/mol. The molecule has 0 fully saturated rings. The van der Waals surface area contributed by atoms with Gasteiger partial charge in [0, 0.05) is 14.2 Å². The van der Waals surface area contributed by atoms with Crippen LogP contribution in [0.2, 0.25) is 0 Å². The van der Waals surface area contributed by atoms with Crippen LogP contribution in [0, 0.1) is 6.92 Å². The second-order valence-corrected chi connectivity index (χ2v) is 4.45. The van der Waals surface area contributed by atoms with Crippen molar-refractivity contribution in [3.63, 3.8) is 0 Å². The summed E-state index contributed by atoms with van der Waals surface area (Å²) in [5.74, 6) is 2.69. The number of rotatable bonds is 5. The minimum Gasteiger partial charge on any atom is -0.496 e. The van der Waals surface area contributed by atoms with Gasteiger partial charge in [0.05, 0.1) is 14.2 Å². The summed E-state index contributed by atoms with van der Waals surface area (Å²) in [5, 5.41) is 4.41. The van der Waals surface area contributed by atoms with Crippen LogP contribution in [0.4, 0.5) is 0 Å². The van der Waals surface area contributed by atoms with E-state index in [0.717, 1.165) is 17.0 Å². The fourth-order valence-corrected chi connectivity index (χ4v) is 2.04. The van der Waals surface area contributed by atoms with Gasteiger partial charge in [-0.15, -0.1) is 0 Å². The molecule has 0 bridgehead atoms. The first-order chi connectivity index (χ1) is 9.60. The SMILES string of the molecule is COCc1nc(-c2c(OC)cc(C)cc2OC)nn1C. The molecule has 6 nitrogen and oxygen atoms in total. The van der Waals surface area contributed by atoms with Crippen LogP contribution in [0.5, 0.6) is 11.5 Å². The molecule has 0 aliphatic carbocycles. The number of methoxy groups -OCH3 is 3. The van der Waals surface area contributed by atoms with E-state index < -0.39 is 0 Å². The molecule has 0 spiro atoms. The van der Waals surface area contributed by atoms with Crippen LogP contribution in [0.1, 0.15) is 11.4 Å². The molecule has 0 radical (unpaired) electrons. The van der Waals surface area contributed by atoms with E-state index in [1.54, 1.807) is 26.0 Å². The molecule has 0 amide bonds. The number of hydrogen-bond donors (Lipinski definition) is 0. The van der Waals surface area contributed by atoms with Gasteiger partial charge in [0.1, 0.15) is 23.7 Å². The molecule has 0 aliphatic heterocycles. The maximum absolute atomic E-state index is 5.43. The van der Waals surface area contributed by atoms with E-state index in [0.29, 0.717) is 23.9 Å². The highest BCUT2D eigenvalue weighted by Gasteiger charge is 2.19. The molecule has 0 saturated heterocycles. The van der Waals surface area contributed by atoms with Gasteiger partial charge < -0.3 is 14.2 Å². The first-order valence-corrected chi connectivity index (χ1v) is 6.22. The van der Waals surface area contributed by atoms with Crippen molar-refractivity contribution in [1.29, 1.82) is 0 Å². The molecule has 108 valence electrons. The third-order valence-corrected chi connectivity index (χ3v) is 3.00. The van der Waals surface area contributed by atoms with Crippen molar-refractivity contribution < 1.29 is 14.2 Å². The molecule has 2 aromatic rings. The molecule has 0 saturated carbocycles. The number of hydrogen-bond acceptors (Lipinski definition) is 5. The Morgan fingerprint density at radius 2 is 1.70 bits per heavy atom. The largest absolute Gasteiger partial charge is 0.496 e. The summed E-state index contributed by atoms with van der Waals surface area (Å²) in [4.78, 5) is 4.48. The van der Waals surface area contributed by atoms with E-state index in [4.69, 9.17) is 14.2 Å². The lowest BCUT2D eigenvalue weighted by Gasteiger charge is -2.11. The lowest BCUT2D eigenvalue weighted by Crippen LogP contribution is -2.00. The summed E-state index contributed by atoms with van der Waals surface area (Å²) >= 11 is 0. The average molecular weight is 277 g/mol. The predicted octanol–water partition coefficient (Wildman–Crippen LogP) is 1.95. The maximum atomic E-state index is 5.43. The zero-order chi connectivity index (χ0) is 14.7. The molecule has 0 aliphatic rings. The fraction of sp³-hybridized carbons (Fsp3) is 0.429. The Hall–Kier alpha value is -2.08. The Labute approximate surface area is 118 Å². The van der Waals surface area contributed by atoms with Gasteiger partial charge in [-0.1, -0.05) is 0 Å². The van der Waals surface area contributed by atoms with Crippen LogP contribution in [0.25, 0.3) is 11.4 Å². The second-order valence-electron chi connectivity index (χ2n) is 4.45. The van der Waals surface area contributed by atoms with Gasteiger partial charge in [-0.05, 0) is 24.6 Å². The van der Waals surface area contributed by atoms with Gasteiger partial charge in [-0.25, -0.2) is 4.98 Å². The zero-order valence-electron chi connectivity index (χ0n) is 12.4. The predicted molar refractivity (Wildman–Crippen MR) is 75.0 cm³/mol. The van der Waals surface area contributed by atoms with Crippen LogP contribution in [-0.2, 0) is 18.4 Å². The second kappa shape index (κ2) is 5.92. The molecular weight excluding hydrogens is 258 g/mol. The molecular formula is C14H19N3O3. The number of aryl methyl sites for hydroxylation is 2. The minimum absolute atomic E-state index is 0.403. The first kappa shape index (κ1) is 14.3. The van der Waals surface area contributed by atoms with Gasteiger partial charge in [-0.3, -0.25) is 4.68 Å². The van der Waals surface area contributed by atoms with Crippen molar-refractivity contribution >= 4 is 0 Å². The minimum atomic E-state index is 0.403. The lowest BCUT2D eigenvalue weighted by atomic mass is 10.1. The highest BCUT2D eigenvalue weighted by Crippen LogP contribution is 2.37. The van der Waals surface area contributed by atoms with Crippen molar-refractivity contribution in [2.75, 3.05) is 21.3 Å². The van der Waals surface area contributed by atoms with E-state index in [2.05, 4.69) is 10.1 Å². The summed E-state index contributed by atoms with van der Waals surface area (Å²) in [5.41, 5.74) is 1.80. The van der Waals surface area contributed by atoms with Crippen LogP contribution in [0.3, 0.4) is 0 Å². The Kier molecular flexibility index (Phi) is 4.24. The lowest BCUT2D eigenvalue weighted by molar-refractivity contribution is 0.174. The standard InChI is InChI=1S/C14H19N3O3/c1-9-6-10(19-4)13(11(7-9)20-5)14-15-12(8-18-3)17(2)16-14/h6-7H,8H2,1-5H3. The smallest absolute Gasteiger partial charge is 0.189 e. The Morgan fingerprint density at radius 3 is 2.20 bits per heavy atom. The molecule has 0 atom stereocenters. The number of nitrogens with zero attached hydrogens (tertiary/aromatic N) is 3. The third-order valence-electron chi connectivity index (χ3n) is 3.00. The first-order valence-electron chi connectivity index (χ1n) is 6.22. The van der Waals surface area contributed by atoms with E-state index in [1.807, 2.05) is 26.1 Å². The molecule has 0 unspecified atom stereocenters. The number of benzene rings is 1. The Morgan fingerprint density at radius 1 is 1.10 bits per heavy atom.